The van der Waals surface area contributed by atoms with Crippen molar-refractivity contribution >= 4 is 0 Å². The third kappa shape index (κ3) is 4.09. The molecule has 1 fully saturated rings. The third-order valence-electron chi connectivity index (χ3n) is 3.47. The lowest BCUT2D eigenvalue weighted by molar-refractivity contribution is 0.400. The molecule has 3 heteroatoms. The minimum absolute atomic E-state index is 0.672. The Morgan fingerprint density at radius 2 is 2.06 bits per heavy atom. The van der Waals surface area contributed by atoms with Gasteiger partial charge in [0.1, 0.15) is 0 Å². The van der Waals surface area contributed by atoms with E-state index < -0.39 is 0 Å². The third-order valence-corrected chi connectivity index (χ3v) is 3.47. The van der Waals surface area contributed by atoms with Gasteiger partial charge in [0.15, 0.2) is 0 Å². The van der Waals surface area contributed by atoms with Gasteiger partial charge in [0, 0.05) is 25.7 Å². The zero-order valence-electron chi connectivity index (χ0n) is 11.6. The summed E-state index contributed by atoms with van der Waals surface area (Å²) in [6, 6.07) is 9.38. The van der Waals surface area contributed by atoms with Gasteiger partial charge in [-0.05, 0) is 44.6 Å². The molecule has 0 saturated carbocycles. The molecule has 0 aliphatic carbocycles. The predicted octanol–water partition coefficient (Wildman–Crippen LogP) is 1.59. The Labute approximate surface area is 111 Å². The lowest BCUT2D eigenvalue weighted by Crippen LogP contribution is -2.33. The molecule has 0 spiro atoms. The highest BCUT2D eigenvalue weighted by Crippen LogP contribution is 2.10. The fourth-order valence-corrected chi connectivity index (χ4v) is 2.54. The van der Waals surface area contributed by atoms with E-state index in [0.717, 1.165) is 19.6 Å². The van der Waals surface area contributed by atoms with Crippen LogP contribution in [0.5, 0.6) is 0 Å². The molecule has 1 heterocycles. The van der Waals surface area contributed by atoms with E-state index in [1.807, 2.05) is 0 Å². The molecular formula is C15H25N3. The minimum Gasteiger partial charge on any atom is -0.313 e. The van der Waals surface area contributed by atoms with Gasteiger partial charge in [-0.1, -0.05) is 24.3 Å². The summed E-state index contributed by atoms with van der Waals surface area (Å²) < 4.78 is 0. The first kappa shape index (κ1) is 13.5. The Balaban J connectivity index is 1.83. The highest BCUT2D eigenvalue weighted by molar-refractivity contribution is 5.26. The molecule has 2 rings (SSSR count). The van der Waals surface area contributed by atoms with Gasteiger partial charge in [0.2, 0.25) is 0 Å². The van der Waals surface area contributed by atoms with Crippen LogP contribution < -0.4 is 10.6 Å². The van der Waals surface area contributed by atoms with Gasteiger partial charge < -0.3 is 15.5 Å². The standard InChI is InChI=1S/C15H25N3/c1-18(2)12-14-7-4-3-6-13(14)10-16-11-15-8-5-9-17-15/h3-4,6-7,15-17H,5,8-12H2,1-2H3. The highest BCUT2D eigenvalue weighted by atomic mass is 15.0. The molecule has 1 unspecified atom stereocenters. The van der Waals surface area contributed by atoms with Gasteiger partial charge in [-0.2, -0.15) is 0 Å². The zero-order valence-corrected chi connectivity index (χ0v) is 11.6. The van der Waals surface area contributed by atoms with E-state index >= 15 is 0 Å². The van der Waals surface area contributed by atoms with Gasteiger partial charge in [-0.3, -0.25) is 0 Å². The number of benzene rings is 1. The van der Waals surface area contributed by atoms with Crippen molar-refractivity contribution in [1.82, 2.24) is 15.5 Å². The summed E-state index contributed by atoms with van der Waals surface area (Å²) in [6.45, 7) is 4.25. The summed E-state index contributed by atoms with van der Waals surface area (Å²) in [5.74, 6) is 0. The lowest BCUT2D eigenvalue weighted by Gasteiger charge is -2.16. The predicted molar refractivity (Wildman–Crippen MR) is 76.6 cm³/mol. The fraction of sp³-hybridized carbons (Fsp3) is 0.600. The second-order valence-corrected chi connectivity index (χ2v) is 5.43. The first-order chi connectivity index (χ1) is 8.75. The monoisotopic (exact) mass is 247 g/mol. The van der Waals surface area contributed by atoms with Crippen LogP contribution in [-0.4, -0.2) is 38.1 Å². The number of nitrogens with zero attached hydrogens (tertiary/aromatic N) is 1. The Hall–Kier alpha value is -0.900. The van der Waals surface area contributed by atoms with Crippen LogP contribution in [0.1, 0.15) is 24.0 Å². The molecular weight excluding hydrogens is 222 g/mol. The zero-order chi connectivity index (χ0) is 12.8. The van der Waals surface area contributed by atoms with Crippen molar-refractivity contribution in [3.05, 3.63) is 35.4 Å². The maximum Gasteiger partial charge on any atom is 0.0230 e. The molecule has 3 nitrogen and oxygen atoms in total. The Bertz CT molecular complexity index is 357. The van der Waals surface area contributed by atoms with E-state index in [1.165, 1.54) is 30.5 Å². The van der Waals surface area contributed by atoms with E-state index in [-0.39, 0.29) is 0 Å². The van der Waals surface area contributed by atoms with Gasteiger partial charge in [-0.25, -0.2) is 0 Å². The molecule has 1 aliphatic rings. The molecule has 1 atom stereocenters. The van der Waals surface area contributed by atoms with Gasteiger partial charge >= 0.3 is 0 Å². The average Bonchev–Trinajstić information content (AvgIpc) is 2.84. The van der Waals surface area contributed by atoms with Crippen LogP contribution in [0.15, 0.2) is 24.3 Å². The van der Waals surface area contributed by atoms with E-state index in [4.69, 9.17) is 0 Å². The minimum atomic E-state index is 0.672. The fourth-order valence-electron chi connectivity index (χ4n) is 2.54. The molecule has 1 aromatic rings. The maximum absolute atomic E-state index is 3.58. The summed E-state index contributed by atoms with van der Waals surface area (Å²) in [7, 11) is 4.24. The molecule has 0 aromatic heterocycles. The largest absolute Gasteiger partial charge is 0.313 e. The molecule has 100 valence electrons. The molecule has 1 saturated heterocycles. The van der Waals surface area contributed by atoms with Crippen LogP contribution in [0.2, 0.25) is 0 Å². The number of hydrogen-bond acceptors (Lipinski definition) is 3. The number of hydrogen-bond donors (Lipinski definition) is 2. The summed E-state index contributed by atoms with van der Waals surface area (Å²) in [5, 5.41) is 7.10. The molecule has 18 heavy (non-hydrogen) atoms. The second-order valence-electron chi connectivity index (χ2n) is 5.43. The number of rotatable bonds is 6. The van der Waals surface area contributed by atoms with Crippen molar-refractivity contribution in [1.29, 1.82) is 0 Å². The van der Waals surface area contributed by atoms with Crippen molar-refractivity contribution in [2.75, 3.05) is 27.2 Å². The molecule has 1 aromatic carbocycles. The first-order valence-electron chi connectivity index (χ1n) is 6.91. The smallest absolute Gasteiger partial charge is 0.0230 e. The Kier molecular flexibility index (Phi) is 5.17. The molecule has 2 N–H and O–H groups in total. The van der Waals surface area contributed by atoms with E-state index in [1.54, 1.807) is 0 Å². The van der Waals surface area contributed by atoms with Crippen LogP contribution in [0, 0.1) is 0 Å². The van der Waals surface area contributed by atoms with Crippen LogP contribution in [0.25, 0.3) is 0 Å². The van der Waals surface area contributed by atoms with E-state index in [9.17, 15) is 0 Å². The maximum atomic E-state index is 3.58. The quantitative estimate of drug-likeness (QED) is 0.799. The second kappa shape index (κ2) is 6.88. The number of nitrogens with one attached hydrogen (secondary N) is 2. The first-order valence-corrected chi connectivity index (χ1v) is 6.91. The summed E-state index contributed by atoms with van der Waals surface area (Å²) in [6.07, 6.45) is 2.63. The average molecular weight is 247 g/mol. The van der Waals surface area contributed by atoms with E-state index in [0.29, 0.717) is 6.04 Å². The van der Waals surface area contributed by atoms with Crippen molar-refractivity contribution in [3.8, 4) is 0 Å². The van der Waals surface area contributed by atoms with Crippen LogP contribution in [-0.2, 0) is 13.1 Å². The van der Waals surface area contributed by atoms with Gasteiger partial charge in [-0.15, -0.1) is 0 Å². The lowest BCUT2D eigenvalue weighted by atomic mass is 10.1. The molecule has 1 aliphatic heterocycles. The Morgan fingerprint density at radius 3 is 2.72 bits per heavy atom. The summed E-state index contributed by atoms with van der Waals surface area (Å²) >= 11 is 0. The van der Waals surface area contributed by atoms with Gasteiger partial charge in [0.05, 0.1) is 0 Å². The molecule has 0 amide bonds. The van der Waals surface area contributed by atoms with Crippen molar-refractivity contribution < 1.29 is 0 Å². The normalized spacial score (nSPS) is 19.6. The van der Waals surface area contributed by atoms with Crippen LogP contribution in [0.3, 0.4) is 0 Å². The summed E-state index contributed by atoms with van der Waals surface area (Å²) in [4.78, 5) is 2.22. The Morgan fingerprint density at radius 1 is 1.28 bits per heavy atom. The van der Waals surface area contributed by atoms with Crippen LogP contribution >= 0.6 is 0 Å². The topological polar surface area (TPSA) is 27.3 Å². The van der Waals surface area contributed by atoms with Crippen molar-refractivity contribution in [2.45, 2.75) is 32.0 Å². The van der Waals surface area contributed by atoms with Gasteiger partial charge in [0.25, 0.3) is 0 Å². The van der Waals surface area contributed by atoms with Crippen molar-refractivity contribution in [2.24, 2.45) is 0 Å². The van der Waals surface area contributed by atoms with Crippen molar-refractivity contribution in [3.63, 3.8) is 0 Å². The summed E-state index contributed by atoms with van der Waals surface area (Å²) in [5.41, 5.74) is 2.85. The SMILES string of the molecule is CN(C)Cc1ccccc1CNCC1CCCN1. The molecule has 0 bridgehead atoms. The van der Waals surface area contributed by atoms with Crippen LogP contribution in [0.4, 0.5) is 0 Å². The molecule has 0 radical (unpaired) electrons. The van der Waals surface area contributed by atoms with E-state index in [2.05, 4.69) is 53.9 Å². The highest BCUT2D eigenvalue weighted by Gasteiger charge is 2.13.